The van der Waals surface area contributed by atoms with Crippen molar-refractivity contribution < 1.29 is 27.5 Å². The molecule has 3 rings (SSSR count). The first-order valence-corrected chi connectivity index (χ1v) is 14.1. The molecule has 4 atom stereocenters. The van der Waals surface area contributed by atoms with Gasteiger partial charge in [0.15, 0.2) is 9.84 Å². The van der Waals surface area contributed by atoms with Gasteiger partial charge in [0, 0.05) is 13.1 Å². The van der Waals surface area contributed by atoms with Gasteiger partial charge in [0.25, 0.3) is 0 Å². The SMILES string of the molecule is COC(=O)N1C2CCC(C3CCC(S(=O)(=O)CCN)CC3)CC2N(C(=O)OC(C)C)C[C@@H]1C. The highest BCUT2D eigenvalue weighted by atomic mass is 32.2. The number of piperazine rings is 1. The maximum Gasteiger partial charge on any atom is 0.410 e. The molecule has 0 spiro atoms. The van der Waals surface area contributed by atoms with E-state index in [1.807, 2.05) is 25.7 Å². The summed E-state index contributed by atoms with van der Waals surface area (Å²) >= 11 is 0. The van der Waals surface area contributed by atoms with E-state index >= 15 is 0 Å². The summed E-state index contributed by atoms with van der Waals surface area (Å²) in [7, 11) is -1.72. The van der Waals surface area contributed by atoms with Gasteiger partial charge in [0.2, 0.25) is 0 Å². The van der Waals surface area contributed by atoms with E-state index in [9.17, 15) is 18.0 Å². The highest BCUT2D eigenvalue weighted by molar-refractivity contribution is 7.92. The van der Waals surface area contributed by atoms with Crippen molar-refractivity contribution in [2.75, 3.05) is 26.0 Å². The van der Waals surface area contributed by atoms with Crippen LogP contribution in [0.4, 0.5) is 9.59 Å². The number of rotatable bonds is 5. The number of fused-ring (bicyclic) bond motifs is 1. The zero-order valence-corrected chi connectivity index (χ0v) is 21.3. The van der Waals surface area contributed by atoms with E-state index in [4.69, 9.17) is 15.2 Å². The molecule has 3 unspecified atom stereocenters. The molecule has 0 aromatic carbocycles. The molecule has 9 nitrogen and oxygen atoms in total. The van der Waals surface area contributed by atoms with Crippen LogP contribution in [0.15, 0.2) is 0 Å². The van der Waals surface area contributed by atoms with Crippen molar-refractivity contribution >= 4 is 22.0 Å². The van der Waals surface area contributed by atoms with Gasteiger partial charge >= 0.3 is 12.2 Å². The van der Waals surface area contributed by atoms with Crippen molar-refractivity contribution in [1.29, 1.82) is 0 Å². The third kappa shape index (κ3) is 5.75. The highest BCUT2D eigenvalue weighted by Gasteiger charge is 2.49. The maximum absolute atomic E-state index is 12.9. The normalized spacial score (nSPS) is 32.9. The van der Waals surface area contributed by atoms with Crippen LogP contribution in [0.2, 0.25) is 0 Å². The monoisotopic (exact) mass is 487 g/mol. The summed E-state index contributed by atoms with van der Waals surface area (Å²) in [4.78, 5) is 29.1. The quantitative estimate of drug-likeness (QED) is 0.633. The number of methoxy groups -OCH3 is 1. The van der Waals surface area contributed by atoms with Crippen LogP contribution < -0.4 is 5.73 Å². The fourth-order valence-corrected chi connectivity index (χ4v) is 7.89. The maximum atomic E-state index is 12.9. The van der Waals surface area contributed by atoms with E-state index < -0.39 is 9.84 Å². The standard InChI is InChI=1S/C23H41N3O6S/c1-15(2)32-22(27)25-14-16(3)26(23(28)31-4)20-10-7-18(13-21(20)25)17-5-8-19(9-6-17)33(29,30)12-11-24/h15-21H,5-14,24H2,1-4H3/t16-,17?,18?,19?,20?,21?/m0/s1. The molecule has 0 aromatic rings. The lowest BCUT2D eigenvalue weighted by Crippen LogP contribution is -2.67. The zero-order valence-electron chi connectivity index (χ0n) is 20.4. The average Bonchev–Trinajstić information content (AvgIpc) is 2.77. The van der Waals surface area contributed by atoms with Crippen LogP contribution in [0, 0.1) is 11.8 Å². The van der Waals surface area contributed by atoms with Crippen molar-refractivity contribution in [2.24, 2.45) is 17.6 Å². The predicted molar refractivity (Wildman–Crippen MR) is 126 cm³/mol. The molecule has 0 bridgehead atoms. The minimum atomic E-state index is -3.12. The number of nitrogens with zero attached hydrogens (tertiary/aromatic N) is 2. The third-order valence-electron chi connectivity index (χ3n) is 7.77. The summed E-state index contributed by atoms with van der Waals surface area (Å²) in [6.07, 6.45) is 4.79. The van der Waals surface area contributed by atoms with Crippen molar-refractivity contribution in [3.63, 3.8) is 0 Å². The third-order valence-corrected chi connectivity index (χ3v) is 10.1. The Hall–Kier alpha value is -1.55. The number of hydrogen-bond donors (Lipinski definition) is 1. The Kier molecular flexibility index (Phi) is 8.53. The largest absolute Gasteiger partial charge is 0.453 e. The molecule has 2 saturated carbocycles. The van der Waals surface area contributed by atoms with Crippen LogP contribution in [-0.4, -0.2) is 85.8 Å². The molecule has 0 aromatic heterocycles. The van der Waals surface area contributed by atoms with Crippen LogP contribution >= 0.6 is 0 Å². The Morgan fingerprint density at radius 2 is 1.64 bits per heavy atom. The zero-order chi connectivity index (χ0) is 24.3. The van der Waals surface area contributed by atoms with Gasteiger partial charge in [-0.1, -0.05) is 0 Å². The van der Waals surface area contributed by atoms with E-state index in [2.05, 4.69) is 0 Å². The predicted octanol–water partition coefficient (Wildman–Crippen LogP) is 2.77. The van der Waals surface area contributed by atoms with Crippen LogP contribution in [-0.2, 0) is 19.3 Å². The van der Waals surface area contributed by atoms with Crippen LogP contribution in [0.3, 0.4) is 0 Å². The molecule has 33 heavy (non-hydrogen) atoms. The second-order valence-electron chi connectivity index (χ2n) is 10.2. The van der Waals surface area contributed by atoms with Gasteiger partial charge in [-0.2, -0.15) is 0 Å². The van der Waals surface area contributed by atoms with Crippen LogP contribution in [0.25, 0.3) is 0 Å². The molecule has 1 saturated heterocycles. The molecule has 10 heteroatoms. The summed E-state index contributed by atoms with van der Waals surface area (Å²) < 4.78 is 35.5. The molecule has 2 amide bonds. The van der Waals surface area contributed by atoms with E-state index in [1.165, 1.54) is 7.11 Å². The molecule has 1 heterocycles. The van der Waals surface area contributed by atoms with E-state index in [-0.39, 0.29) is 54.0 Å². The van der Waals surface area contributed by atoms with Gasteiger partial charge in [-0.3, -0.25) is 4.90 Å². The van der Waals surface area contributed by atoms with E-state index in [0.717, 1.165) is 32.1 Å². The Balaban J connectivity index is 1.73. The first kappa shape index (κ1) is 26.1. The van der Waals surface area contributed by atoms with Crippen LogP contribution in [0.5, 0.6) is 0 Å². The first-order chi connectivity index (χ1) is 15.6. The summed E-state index contributed by atoms with van der Waals surface area (Å²) in [6, 6.07) is -0.374. The Morgan fingerprint density at radius 3 is 2.21 bits per heavy atom. The van der Waals surface area contributed by atoms with Gasteiger partial charge in [0.05, 0.1) is 42.3 Å². The lowest BCUT2D eigenvalue weighted by molar-refractivity contribution is -0.0467. The number of amides is 2. The molecular weight excluding hydrogens is 446 g/mol. The number of nitrogens with two attached hydrogens (primary N) is 1. The molecule has 3 aliphatic rings. The van der Waals surface area contributed by atoms with Crippen molar-refractivity contribution in [2.45, 2.75) is 95.2 Å². The number of hydrogen-bond acceptors (Lipinski definition) is 7. The Bertz CT molecular complexity index is 796. The summed E-state index contributed by atoms with van der Waals surface area (Å²) in [6.45, 7) is 6.20. The number of sulfone groups is 1. The van der Waals surface area contributed by atoms with E-state index in [1.54, 1.807) is 4.90 Å². The topological polar surface area (TPSA) is 119 Å². The molecule has 3 fully saturated rings. The van der Waals surface area contributed by atoms with Crippen LogP contribution in [0.1, 0.15) is 65.7 Å². The van der Waals surface area contributed by atoms with Crippen molar-refractivity contribution in [1.82, 2.24) is 9.80 Å². The highest BCUT2D eigenvalue weighted by Crippen LogP contribution is 2.43. The smallest absolute Gasteiger partial charge is 0.410 e. The minimum absolute atomic E-state index is 0.0595. The summed E-state index contributed by atoms with van der Waals surface area (Å²) in [5, 5.41) is -0.281. The molecule has 0 radical (unpaired) electrons. The second-order valence-corrected chi connectivity index (χ2v) is 12.6. The first-order valence-electron chi connectivity index (χ1n) is 12.3. The molecule has 190 valence electrons. The number of carbonyl (C=O) groups excluding carboxylic acids is 2. The van der Waals surface area contributed by atoms with Gasteiger partial charge < -0.3 is 20.1 Å². The Morgan fingerprint density at radius 1 is 1.00 bits per heavy atom. The Labute approximate surface area is 198 Å². The fraction of sp³-hybridized carbons (Fsp3) is 0.913. The molecule has 2 aliphatic carbocycles. The van der Waals surface area contributed by atoms with E-state index in [0.29, 0.717) is 31.2 Å². The molecule has 1 aliphatic heterocycles. The molecule has 2 N–H and O–H groups in total. The van der Waals surface area contributed by atoms with Crippen molar-refractivity contribution in [3.05, 3.63) is 0 Å². The number of ether oxygens (including phenoxy) is 2. The lowest BCUT2D eigenvalue weighted by atomic mass is 9.69. The summed E-state index contributed by atoms with van der Waals surface area (Å²) in [5.74, 6) is 0.889. The second kappa shape index (κ2) is 10.8. The average molecular weight is 488 g/mol. The van der Waals surface area contributed by atoms with Gasteiger partial charge in [-0.25, -0.2) is 18.0 Å². The van der Waals surface area contributed by atoms with Gasteiger partial charge in [-0.15, -0.1) is 0 Å². The van der Waals surface area contributed by atoms with Gasteiger partial charge in [0.1, 0.15) is 0 Å². The fourth-order valence-electron chi connectivity index (χ4n) is 6.23. The summed E-state index contributed by atoms with van der Waals surface area (Å²) in [5.41, 5.74) is 5.49. The molecular formula is C23H41N3O6S. The van der Waals surface area contributed by atoms with Gasteiger partial charge in [-0.05, 0) is 77.6 Å². The number of carbonyl (C=O) groups is 2. The van der Waals surface area contributed by atoms with Crippen molar-refractivity contribution in [3.8, 4) is 0 Å². The lowest BCUT2D eigenvalue weighted by Gasteiger charge is -2.54. The minimum Gasteiger partial charge on any atom is -0.453 e.